The standard InChI is InChI=1S/C26H50O5/c1-4-6-7-8-9-10-11-12-13-14-15-16-19-25(31-23-29-3)22-21-24(27)18-17-20-26(28)30-5-2/h17,20,24-25,27H,4-16,18-19,21-23H2,1-3H3/b20-17+/t24-,25+/m1/s1. The molecule has 2 atom stereocenters. The number of aliphatic hydroxyl groups excluding tert-OH is 1. The predicted octanol–water partition coefficient (Wildman–Crippen LogP) is 6.72. The zero-order valence-electron chi connectivity index (χ0n) is 20.6. The monoisotopic (exact) mass is 442 g/mol. The van der Waals surface area contributed by atoms with E-state index in [0.29, 0.717) is 26.2 Å². The Morgan fingerprint density at radius 3 is 1.97 bits per heavy atom. The summed E-state index contributed by atoms with van der Waals surface area (Å²) in [5, 5.41) is 10.1. The number of unbranched alkanes of at least 4 members (excludes halogenated alkanes) is 11. The summed E-state index contributed by atoms with van der Waals surface area (Å²) < 4.78 is 15.7. The molecule has 5 nitrogen and oxygen atoms in total. The van der Waals surface area contributed by atoms with E-state index in [1.54, 1.807) is 20.1 Å². The smallest absolute Gasteiger partial charge is 0.330 e. The van der Waals surface area contributed by atoms with E-state index < -0.39 is 6.10 Å². The fourth-order valence-corrected chi connectivity index (χ4v) is 3.70. The van der Waals surface area contributed by atoms with E-state index in [1.165, 1.54) is 76.7 Å². The average Bonchev–Trinajstić information content (AvgIpc) is 2.76. The Kier molecular flexibility index (Phi) is 23.0. The lowest BCUT2D eigenvalue weighted by atomic mass is 10.0. The quantitative estimate of drug-likeness (QED) is 0.0823. The van der Waals surface area contributed by atoms with Crippen LogP contribution in [-0.4, -0.2) is 43.8 Å². The molecule has 0 aromatic heterocycles. The summed E-state index contributed by atoms with van der Waals surface area (Å²) in [6.45, 7) is 4.70. The lowest BCUT2D eigenvalue weighted by Gasteiger charge is -2.19. The molecule has 0 saturated heterocycles. The van der Waals surface area contributed by atoms with Gasteiger partial charge < -0.3 is 19.3 Å². The third-order valence-electron chi connectivity index (χ3n) is 5.57. The summed E-state index contributed by atoms with van der Waals surface area (Å²) in [4.78, 5) is 11.3. The van der Waals surface area contributed by atoms with Gasteiger partial charge in [-0.1, -0.05) is 90.0 Å². The molecular weight excluding hydrogens is 392 g/mol. The van der Waals surface area contributed by atoms with Crippen molar-refractivity contribution in [3.05, 3.63) is 12.2 Å². The van der Waals surface area contributed by atoms with Gasteiger partial charge in [-0.15, -0.1) is 0 Å². The van der Waals surface area contributed by atoms with Crippen molar-refractivity contribution in [3.63, 3.8) is 0 Å². The Morgan fingerprint density at radius 2 is 1.42 bits per heavy atom. The zero-order chi connectivity index (χ0) is 23.0. The topological polar surface area (TPSA) is 65.0 Å². The number of hydrogen-bond acceptors (Lipinski definition) is 5. The molecule has 0 saturated carbocycles. The van der Waals surface area contributed by atoms with Crippen LogP contribution in [-0.2, 0) is 19.0 Å². The minimum atomic E-state index is -0.471. The molecule has 31 heavy (non-hydrogen) atoms. The van der Waals surface area contributed by atoms with Crippen molar-refractivity contribution in [1.82, 2.24) is 0 Å². The number of carbonyl (C=O) groups excluding carboxylic acids is 1. The predicted molar refractivity (Wildman–Crippen MR) is 128 cm³/mol. The normalized spacial score (nSPS) is 13.5. The second-order valence-electron chi connectivity index (χ2n) is 8.49. The third-order valence-corrected chi connectivity index (χ3v) is 5.57. The Labute approximate surface area is 191 Å². The summed E-state index contributed by atoms with van der Waals surface area (Å²) in [5.74, 6) is -0.358. The molecule has 0 heterocycles. The van der Waals surface area contributed by atoms with Crippen molar-refractivity contribution in [2.45, 2.75) is 129 Å². The van der Waals surface area contributed by atoms with Gasteiger partial charge >= 0.3 is 5.97 Å². The molecule has 0 spiro atoms. The van der Waals surface area contributed by atoms with Crippen LogP contribution in [0.25, 0.3) is 0 Å². The van der Waals surface area contributed by atoms with Crippen LogP contribution in [0.1, 0.15) is 117 Å². The van der Waals surface area contributed by atoms with Gasteiger partial charge in [0.2, 0.25) is 0 Å². The van der Waals surface area contributed by atoms with E-state index in [2.05, 4.69) is 6.92 Å². The summed E-state index contributed by atoms with van der Waals surface area (Å²) >= 11 is 0. The van der Waals surface area contributed by atoms with Crippen molar-refractivity contribution in [2.75, 3.05) is 20.5 Å². The molecule has 1 N–H and O–H groups in total. The van der Waals surface area contributed by atoms with Crippen LogP contribution in [0, 0.1) is 0 Å². The van der Waals surface area contributed by atoms with E-state index >= 15 is 0 Å². The van der Waals surface area contributed by atoms with Crippen molar-refractivity contribution >= 4 is 5.97 Å². The minimum absolute atomic E-state index is 0.117. The SMILES string of the molecule is CCCCCCCCCCCCCC[C@@H](CC[C@H](O)C/C=C/C(=O)OCC)OCOC. The molecule has 0 radical (unpaired) electrons. The lowest BCUT2D eigenvalue weighted by molar-refractivity contribution is -0.137. The Balaban J connectivity index is 3.79. The molecule has 0 aromatic rings. The lowest BCUT2D eigenvalue weighted by Crippen LogP contribution is -2.18. The molecule has 0 rings (SSSR count). The minimum Gasteiger partial charge on any atom is -0.463 e. The second kappa shape index (κ2) is 23.7. The van der Waals surface area contributed by atoms with Crippen molar-refractivity contribution in [2.24, 2.45) is 0 Å². The highest BCUT2D eigenvalue weighted by Crippen LogP contribution is 2.17. The van der Waals surface area contributed by atoms with Gasteiger partial charge in [-0.2, -0.15) is 0 Å². The largest absolute Gasteiger partial charge is 0.463 e. The first-order valence-electron chi connectivity index (χ1n) is 12.8. The first-order valence-corrected chi connectivity index (χ1v) is 12.8. The van der Waals surface area contributed by atoms with E-state index in [0.717, 1.165) is 19.3 Å². The summed E-state index contributed by atoms with van der Waals surface area (Å²) in [7, 11) is 1.63. The fourth-order valence-electron chi connectivity index (χ4n) is 3.70. The van der Waals surface area contributed by atoms with Crippen molar-refractivity contribution in [3.8, 4) is 0 Å². The fraction of sp³-hybridized carbons (Fsp3) is 0.885. The second-order valence-corrected chi connectivity index (χ2v) is 8.49. The number of hydrogen-bond donors (Lipinski definition) is 1. The van der Waals surface area contributed by atoms with Gasteiger partial charge in [0.25, 0.3) is 0 Å². The Bertz CT molecular complexity index is 411. The van der Waals surface area contributed by atoms with Gasteiger partial charge in [0.15, 0.2) is 0 Å². The number of carbonyl (C=O) groups is 1. The molecule has 0 bridgehead atoms. The van der Waals surface area contributed by atoms with E-state index in [1.807, 2.05) is 0 Å². The number of aliphatic hydroxyl groups is 1. The maximum absolute atomic E-state index is 11.3. The van der Waals surface area contributed by atoms with Crippen LogP contribution in [0.3, 0.4) is 0 Å². The molecule has 0 unspecified atom stereocenters. The number of rotatable bonds is 23. The molecule has 0 aliphatic rings. The van der Waals surface area contributed by atoms with Gasteiger partial charge in [0.1, 0.15) is 6.79 Å². The Morgan fingerprint density at radius 1 is 0.839 bits per heavy atom. The molecule has 0 fully saturated rings. The van der Waals surface area contributed by atoms with E-state index in [9.17, 15) is 9.90 Å². The van der Waals surface area contributed by atoms with Gasteiger partial charge in [-0.3, -0.25) is 0 Å². The van der Waals surface area contributed by atoms with Crippen LogP contribution >= 0.6 is 0 Å². The third kappa shape index (κ3) is 22.1. The highest BCUT2D eigenvalue weighted by Gasteiger charge is 2.12. The number of esters is 1. The van der Waals surface area contributed by atoms with E-state index in [4.69, 9.17) is 14.2 Å². The summed E-state index contributed by atoms with van der Waals surface area (Å²) in [6.07, 6.45) is 21.7. The molecule has 0 aliphatic carbocycles. The van der Waals surface area contributed by atoms with Gasteiger partial charge in [-0.05, 0) is 32.6 Å². The first kappa shape index (κ1) is 30.1. The molecule has 0 aromatic carbocycles. The van der Waals surface area contributed by atoms with Crippen LogP contribution in [0.4, 0.5) is 0 Å². The maximum Gasteiger partial charge on any atom is 0.330 e. The van der Waals surface area contributed by atoms with Crippen molar-refractivity contribution < 1.29 is 24.1 Å². The molecule has 184 valence electrons. The highest BCUT2D eigenvalue weighted by atomic mass is 16.7. The van der Waals surface area contributed by atoms with Crippen LogP contribution in [0.5, 0.6) is 0 Å². The van der Waals surface area contributed by atoms with Gasteiger partial charge in [-0.25, -0.2) is 4.79 Å². The molecule has 5 heteroatoms. The summed E-state index contributed by atoms with van der Waals surface area (Å²) in [5.41, 5.74) is 0. The van der Waals surface area contributed by atoms with Gasteiger partial charge in [0.05, 0.1) is 18.8 Å². The Hall–Kier alpha value is -0.910. The maximum atomic E-state index is 11.3. The summed E-state index contributed by atoms with van der Waals surface area (Å²) in [6, 6.07) is 0. The van der Waals surface area contributed by atoms with Crippen LogP contribution < -0.4 is 0 Å². The van der Waals surface area contributed by atoms with Crippen LogP contribution in [0.15, 0.2) is 12.2 Å². The van der Waals surface area contributed by atoms with E-state index in [-0.39, 0.29) is 12.1 Å². The van der Waals surface area contributed by atoms with Crippen LogP contribution in [0.2, 0.25) is 0 Å². The van der Waals surface area contributed by atoms with Crippen molar-refractivity contribution in [1.29, 1.82) is 0 Å². The number of methoxy groups -OCH3 is 1. The molecule has 0 amide bonds. The average molecular weight is 443 g/mol. The highest BCUT2D eigenvalue weighted by molar-refractivity contribution is 5.81. The van der Waals surface area contributed by atoms with Gasteiger partial charge in [0, 0.05) is 13.2 Å². The zero-order valence-corrected chi connectivity index (χ0v) is 20.6. The molecule has 0 aliphatic heterocycles. The first-order chi connectivity index (χ1) is 15.1. The molecular formula is C26H50O5. The number of ether oxygens (including phenoxy) is 3.